The molecule has 2 rings (SSSR count). The molecular weight excluding hydrogens is 192 g/mol. The monoisotopic (exact) mass is 204 g/mol. The van der Waals surface area contributed by atoms with Crippen LogP contribution in [0.5, 0.6) is 0 Å². The average molecular weight is 204 g/mol. The molecule has 2 aromatic rings. The van der Waals surface area contributed by atoms with Gasteiger partial charge in [0.15, 0.2) is 0 Å². The van der Waals surface area contributed by atoms with Crippen LogP contribution < -0.4 is 11.1 Å². The predicted octanol–water partition coefficient (Wildman–Crippen LogP) is 0.364. The molecule has 0 atom stereocenters. The molecule has 5 nitrogen and oxygen atoms in total. The fraction of sp³-hybridized carbons (Fsp3) is 0.200. The molecule has 5 heteroatoms. The van der Waals surface area contributed by atoms with E-state index in [4.69, 9.17) is 5.73 Å². The van der Waals surface area contributed by atoms with Crippen molar-refractivity contribution in [1.29, 1.82) is 0 Å². The van der Waals surface area contributed by atoms with Gasteiger partial charge in [-0.3, -0.25) is 4.79 Å². The number of nitrogens with zero attached hydrogens (tertiary/aromatic N) is 2. The van der Waals surface area contributed by atoms with E-state index < -0.39 is 0 Å². The first-order valence-electron chi connectivity index (χ1n) is 4.70. The van der Waals surface area contributed by atoms with Crippen LogP contribution in [0.4, 0.5) is 5.95 Å². The molecule has 3 N–H and O–H groups in total. The summed E-state index contributed by atoms with van der Waals surface area (Å²) >= 11 is 0. The number of para-hydroxylation sites is 2. The SMILES string of the molecule is Nc1nc2ccccc2n1CCNC=O. The molecule has 0 saturated heterocycles. The minimum atomic E-state index is 0.476. The summed E-state index contributed by atoms with van der Waals surface area (Å²) in [5.74, 6) is 0.476. The summed E-state index contributed by atoms with van der Waals surface area (Å²) in [7, 11) is 0. The Balaban J connectivity index is 2.32. The Kier molecular flexibility index (Phi) is 2.53. The number of carbonyl (C=O) groups is 1. The van der Waals surface area contributed by atoms with E-state index in [2.05, 4.69) is 10.3 Å². The number of carbonyl (C=O) groups excluding carboxylic acids is 1. The first-order chi connectivity index (χ1) is 7.33. The number of hydrogen-bond donors (Lipinski definition) is 2. The van der Waals surface area contributed by atoms with E-state index in [1.807, 2.05) is 28.8 Å². The summed E-state index contributed by atoms with van der Waals surface area (Å²) in [6.07, 6.45) is 0.676. The molecule has 1 aromatic heterocycles. The van der Waals surface area contributed by atoms with Crippen molar-refractivity contribution in [2.75, 3.05) is 12.3 Å². The first-order valence-corrected chi connectivity index (χ1v) is 4.70. The zero-order valence-electron chi connectivity index (χ0n) is 8.18. The molecule has 0 aliphatic carbocycles. The summed E-state index contributed by atoms with van der Waals surface area (Å²) in [5.41, 5.74) is 7.64. The lowest BCUT2D eigenvalue weighted by Crippen LogP contribution is -2.18. The van der Waals surface area contributed by atoms with Gasteiger partial charge < -0.3 is 15.6 Å². The van der Waals surface area contributed by atoms with Gasteiger partial charge in [0.1, 0.15) is 0 Å². The van der Waals surface area contributed by atoms with Crippen molar-refractivity contribution >= 4 is 23.4 Å². The van der Waals surface area contributed by atoms with Crippen LogP contribution in [0.1, 0.15) is 0 Å². The van der Waals surface area contributed by atoms with Crippen molar-refractivity contribution in [2.45, 2.75) is 6.54 Å². The number of benzene rings is 1. The van der Waals surface area contributed by atoms with Crippen LogP contribution in [-0.4, -0.2) is 22.5 Å². The van der Waals surface area contributed by atoms with Gasteiger partial charge in [0.05, 0.1) is 11.0 Å². The predicted molar refractivity (Wildman–Crippen MR) is 58.2 cm³/mol. The van der Waals surface area contributed by atoms with Crippen LogP contribution in [0.15, 0.2) is 24.3 Å². The Morgan fingerprint density at radius 2 is 2.27 bits per heavy atom. The van der Waals surface area contributed by atoms with Gasteiger partial charge in [-0.25, -0.2) is 4.98 Å². The van der Waals surface area contributed by atoms with Crippen molar-refractivity contribution in [3.8, 4) is 0 Å². The summed E-state index contributed by atoms with van der Waals surface area (Å²) in [6, 6.07) is 7.73. The standard InChI is InChI=1S/C10H12N4O/c11-10-13-8-3-1-2-4-9(8)14(10)6-5-12-7-15/h1-4,7H,5-6H2,(H2,11,13)(H,12,15). The van der Waals surface area contributed by atoms with Crippen molar-refractivity contribution in [2.24, 2.45) is 0 Å². The maximum atomic E-state index is 10.1. The smallest absolute Gasteiger partial charge is 0.207 e. The third-order valence-electron chi connectivity index (χ3n) is 2.25. The summed E-state index contributed by atoms with van der Waals surface area (Å²) < 4.78 is 1.88. The van der Waals surface area contributed by atoms with Crippen LogP contribution in [0.25, 0.3) is 11.0 Å². The fourth-order valence-corrected chi connectivity index (χ4v) is 1.56. The number of aromatic nitrogens is 2. The molecular formula is C10H12N4O. The third kappa shape index (κ3) is 1.76. The molecule has 0 spiro atoms. The summed E-state index contributed by atoms with van der Waals surface area (Å²) in [4.78, 5) is 14.3. The second-order valence-electron chi connectivity index (χ2n) is 3.18. The lowest BCUT2D eigenvalue weighted by atomic mass is 10.3. The van der Waals surface area contributed by atoms with Gasteiger partial charge in [0.25, 0.3) is 0 Å². The van der Waals surface area contributed by atoms with Crippen LogP contribution in [0.2, 0.25) is 0 Å². The maximum absolute atomic E-state index is 10.1. The molecule has 0 aliphatic rings. The van der Waals surface area contributed by atoms with E-state index >= 15 is 0 Å². The molecule has 1 amide bonds. The minimum absolute atomic E-state index is 0.476. The fourth-order valence-electron chi connectivity index (χ4n) is 1.56. The molecule has 0 aliphatic heterocycles. The molecule has 15 heavy (non-hydrogen) atoms. The number of anilines is 1. The number of rotatable bonds is 4. The maximum Gasteiger partial charge on any atom is 0.207 e. The second-order valence-corrected chi connectivity index (χ2v) is 3.18. The van der Waals surface area contributed by atoms with Gasteiger partial charge in [-0.05, 0) is 12.1 Å². The Hall–Kier alpha value is -2.04. The zero-order valence-corrected chi connectivity index (χ0v) is 8.18. The number of nitrogens with one attached hydrogen (secondary N) is 1. The highest BCUT2D eigenvalue weighted by Crippen LogP contribution is 2.16. The van der Waals surface area contributed by atoms with Crippen molar-refractivity contribution in [1.82, 2.24) is 14.9 Å². The first kappa shape index (κ1) is 9.51. The van der Waals surface area contributed by atoms with E-state index in [1.54, 1.807) is 0 Å². The lowest BCUT2D eigenvalue weighted by Gasteiger charge is -2.04. The van der Waals surface area contributed by atoms with Crippen LogP contribution in [0, 0.1) is 0 Å². The minimum Gasteiger partial charge on any atom is -0.369 e. The van der Waals surface area contributed by atoms with Gasteiger partial charge in [-0.1, -0.05) is 12.1 Å². The highest BCUT2D eigenvalue weighted by molar-refractivity contribution is 5.78. The highest BCUT2D eigenvalue weighted by Gasteiger charge is 2.05. The lowest BCUT2D eigenvalue weighted by molar-refractivity contribution is -0.109. The molecule has 0 saturated carbocycles. The summed E-state index contributed by atoms with van der Waals surface area (Å²) in [5, 5.41) is 2.59. The quantitative estimate of drug-likeness (QED) is 0.558. The molecule has 0 radical (unpaired) electrons. The third-order valence-corrected chi connectivity index (χ3v) is 2.25. The van der Waals surface area contributed by atoms with Gasteiger partial charge in [0, 0.05) is 13.1 Å². The second kappa shape index (κ2) is 4.00. The number of amides is 1. The van der Waals surface area contributed by atoms with Crippen molar-refractivity contribution in [3.05, 3.63) is 24.3 Å². The normalized spacial score (nSPS) is 10.4. The number of imidazole rings is 1. The van der Waals surface area contributed by atoms with Crippen LogP contribution in [0.3, 0.4) is 0 Å². The van der Waals surface area contributed by atoms with Gasteiger partial charge in [-0.15, -0.1) is 0 Å². The molecule has 1 aromatic carbocycles. The zero-order chi connectivity index (χ0) is 10.7. The Bertz CT molecular complexity index is 477. The number of nitrogen functional groups attached to an aromatic ring is 1. The Labute approximate surface area is 86.9 Å². The Morgan fingerprint density at radius 1 is 1.47 bits per heavy atom. The van der Waals surface area contributed by atoms with E-state index in [0.717, 1.165) is 11.0 Å². The van der Waals surface area contributed by atoms with Crippen LogP contribution >= 0.6 is 0 Å². The molecule has 78 valence electrons. The van der Waals surface area contributed by atoms with Crippen molar-refractivity contribution < 1.29 is 4.79 Å². The summed E-state index contributed by atoms with van der Waals surface area (Å²) in [6.45, 7) is 1.18. The van der Waals surface area contributed by atoms with Gasteiger partial charge in [0.2, 0.25) is 12.4 Å². The topological polar surface area (TPSA) is 72.9 Å². The largest absolute Gasteiger partial charge is 0.369 e. The van der Waals surface area contributed by atoms with E-state index in [1.165, 1.54) is 0 Å². The van der Waals surface area contributed by atoms with E-state index in [9.17, 15) is 4.79 Å². The molecule has 0 bridgehead atoms. The number of hydrogen-bond acceptors (Lipinski definition) is 3. The molecule has 1 heterocycles. The average Bonchev–Trinajstić information content (AvgIpc) is 2.56. The van der Waals surface area contributed by atoms with E-state index in [-0.39, 0.29) is 0 Å². The number of nitrogens with two attached hydrogens (primary N) is 1. The van der Waals surface area contributed by atoms with E-state index in [0.29, 0.717) is 25.4 Å². The molecule has 0 unspecified atom stereocenters. The van der Waals surface area contributed by atoms with Gasteiger partial charge >= 0.3 is 0 Å². The van der Waals surface area contributed by atoms with Crippen molar-refractivity contribution in [3.63, 3.8) is 0 Å². The van der Waals surface area contributed by atoms with Gasteiger partial charge in [-0.2, -0.15) is 0 Å². The highest BCUT2D eigenvalue weighted by atomic mass is 16.1. The van der Waals surface area contributed by atoms with Crippen LogP contribution in [-0.2, 0) is 11.3 Å². The Morgan fingerprint density at radius 3 is 3.07 bits per heavy atom. The molecule has 0 fully saturated rings. The number of fused-ring (bicyclic) bond motifs is 1.